The molecule has 0 aliphatic carbocycles. The molecule has 5 nitrogen and oxygen atoms in total. The van der Waals surface area contributed by atoms with Gasteiger partial charge in [-0.2, -0.15) is 5.26 Å². The van der Waals surface area contributed by atoms with E-state index in [-0.39, 0.29) is 21.6 Å². The molecule has 39 heavy (non-hydrogen) atoms. The highest BCUT2D eigenvalue weighted by atomic mass is 127. The van der Waals surface area contributed by atoms with E-state index in [0.717, 1.165) is 16.7 Å². The van der Waals surface area contributed by atoms with E-state index in [1.165, 1.54) is 32.4 Å². The number of hydrogen-bond acceptors (Lipinski definition) is 5. The van der Waals surface area contributed by atoms with Crippen molar-refractivity contribution in [2.75, 3.05) is 6.54 Å². The van der Waals surface area contributed by atoms with E-state index in [1.807, 2.05) is 54.6 Å². The van der Waals surface area contributed by atoms with Gasteiger partial charge in [-0.1, -0.05) is 81.0 Å². The Labute approximate surface area is 257 Å². The van der Waals surface area contributed by atoms with Gasteiger partial charge in [0.1, 0.15) is 11.5 Å². The highest BCUT2D eigenvalue weighted by molar-refractivity contribution is 14.1. The lowest BCUT2D eigenvalue weighted by atomic mass is 9.71. The van der Waals surface area contributed by atoms with Crippen LogP contribution in [0.5, 0.6) is 0 Å². The molecule has 10 heteroatoms. The van der Waals surface area contributed by atoms with E-state index >= 15 is 4.39 Å². The van der Waals surface area contributed by atoms with Crippen molar-refractivity contribution in [1.82, 2.24) is 15.1 Å². The van der Waals surface area contributed by atoms with Crippen molar-refractivity contribution in [2.45, 2.75) is 33.0 Å². The van der Waals surface area contributed by atoms with E-state index in [4.69, 9.17) is 16.0 Å². The molecule has 1 aromatic heterocycles. The molecular weight excluding hydrogens is 748 g/mol. The van der Waals surface area contributed by atoms with Gasteiger partial charge in [0, 0.05) is 23.0 Å². The number of rotatable bonds is 7. The van der Waals surface area contributed by atoms with Gasteiger partial charge >= 0.3 is 0 Å². The Kier molecular flexibility index (Phi) is 8.03. The predicted molar refractivity (Wildman–Crippen MR) is 163 cm³/mol. The molecule has 4 atom stereocenters. The minimum atomic E-state index is -1.71. The molecule has 2 unspecified atom stereocenters. The quantitative estimate of drug-likeness (QED) is 0.108. The maximum absolute atomic E-state index is 16.1. The topological polar surface area (TPSA) is 66.0 Å². The number of nitrogens with zero attached hydrogens (tertiary/aromatic N) is 4. The molecule has 1 aliphatic heterocycles. The fourth-order valence-corrected chi connectivity index (χ4v) is 8.27. The van der Waals surface area contributed by atoms with Gasteiger partial charge in [-0.05, 0) is 73.0 Å². The molecular formula is C29H23ClF2I2N4O. The molecule has 5 rings (SSSR count). The second-order valence-electron chi connectivity index (χ2n) is 10.0. The SMILES string of the molecule is CC(C)(F)[C@@](I)(c1cc(F)cc(C#N)c1)C1CN([C@@H](c2ccc(Cl)cc2)c2cccc(-c3nnco3)c2)C1I. The van der Waals surface area contributed by atoms with Crippen LogP contribution in [-0.4, -0.2) is 31.4 Å². The summed E-state index contributed by atoms with van der Waals surface area (Å²) in [4.78, 5) is 2.30. The van der Waals surface area contributed by atoms with Gasteiger partial charge in [-0.25, -0.2) is 8.78 Å². The number of alkyl halides is 3. The Morgan fingerprint density at radius 2 is 1.87 bits per heavy atom. The van der Waals surface area contributed by atoms with Crippen LogP contribution in [0, 0.1) is 23.1 Å². The maximum Gasteiger partial charge on any atom is 0.247 e. The van der Waals surface area contributed by atoms with Crippen molar-refractivity contribution in [3.8, 4) is 17.5 Å². The molecule has 0 bridgehead atoms. The van der Waals surface area contributed by atoms with Crippen LogP contribution in [0.25, 0.3) is 11.5 Å². The van der Waals surface area contributed by atoms with Gasteiger partial charge in [0.15, 0.2) is 0 Å². The average molecular weight is 771 g/mol. The van der Waals surface area contributed by atoms with Gasteiger partial charge in [0.05, 0.1) is 25.1 Å². The predicted octanol–water partition coefficient (Wildman–Crippen LogP) is 8.26. The standard InChI is InChI=1S/C29H23ClF2I2N4O/c1-28(2,32)29(34,21-10-17(14-35)11-23(31)13-21)24-15-38(26(24)33)25(18-6-8-22(30)9-7-18)19-4-3-5-20(12-19)27-37-36-16-39-27/h3-13,16,24-26H,15H2,1-2H3/t24?,25-,26?,29+/m0/s1. The number of likely N-dealkylation sites (tertiary alicyclic amines) is 1. The molecule has 3 aromatic carbocycles. The fraction of sp³-hybridized carbons (Fsp3) is 0.276. The van der Waals surface area contributed by atoms with Gasteiger partial charge in [0.25, 0.3) is 0 Å². The summed E-state index contributed by atoms with van der Waals surface area (Å²) in [5.74, 6) is -0.308. The smallest absolute Gasteiger partial charge is 0.247 e. The molecule has 1 fully saturated rings. The van der Waals surface area contributed by atoms with Gasteiger partial charge in [0.2, 0.25) is 12.3 Å². The van der Waals surface area contributed by atoms with E-state index in [2.05, 4.69) is 60.3 Å². The number of halogens is 5. The lowest BCUT2D eigenvalue weighted by Crippen LogP contribution is -2.64. The monoisotopic (exact) mass is 770 g/mol. The van der Waals surface area contributed by atoms with Gasteiger partial charge in [-0.3, -0.25) is 4.90 Å². The van der Waals surface area contributed by atoms with Crippen molar-refractivity contribution in [2.24, 2.45) is 5.92 Å². The highest BCUT2D eigenvalue weighted by Crippen LogP contribution is 2.58. The van der Waals surface area contributed by atoms with Crippen LogP contribution in [0.2, 0.25) is 5.02 Å². The summed E-state index contributed by atoms with van der Waals surface area (Å²) in [6.07, 6.45) is 1.29. The van der Waals surface area contributed by atoms with E-state index < -0.39 is 14.9 Å². The Hall–Kier alpha value is -2.14. The summed E-state index contributed by atoms with van der Waals surface area (Å²) >= 11 is 10.7. The van der Waals surface area contributed by atoms with Crippen LogP contribution in [0.1, 0.15) is 42.1 Å². The van der Waals surface area contributed by atoms with Crippen molar-refractivity contribution in [1.29, 1.82) is 5.26 Å². The molecule has 4 aromatic rings. The molecule has 0 saturated carbocycles. The zero-order chi connectivity index (χ0) is 27.9. The number of hydrogen-bond donors (Lipinski definition) is 0. The first-order chi connectivity index (χ1) is 18.5. The van der Waals surface area contributed by atoms with Crippen molar-refractivity contribution in [3.63, 3.8) is 0 Å². The highest BCUT2D eigenvalue weighted by Gasteiger charge is 2.59. The van der Waals surface area contributed by atoms with Crippen molar-refractivity contribution >= 4 is 56.8 Å². The van der Waals surface area contributed by atoms with Gasteiger partial charge < -0.3 is 4.42 Å². The largest absolute Gasteiger partial charge is 0.423 e. The van der Waals surface area contributed by atoms with Crippen LogP contribution < -0.4 is 0 Å². The summed E-state index contributed by atoms with van der Waals surface area (Å²) in [6, 6.07) is 21.6. The Morgan fingerprint density at radius 3 is 2.49 bits per heavy atom. The molecule has 0 radical (unpaired) electrons. The normalized spacial score (nSPS) is 20.1. The van der Waals surface area contributed by atoms with Crippen LogP contribution in [0.15, 0.2) is 77.5 Å². The van der Waals surface area contributed by atoms with Gasteiger partial charge in [-0.15, -0.1) is 10.2 Å². The summed E-state index contributed by atoms with van der Waals surface area (Å²) in [5, 5.41) is 17.9. The fourth-order valence-electron chi connectivity index (χ4n) is 5.29. The molecule has 1 saturated heterocycles. The Bertz CT molecular complexity index is 1520. The summed E-state index contributed by atoms with van der Waals surface area (Å²) in [7, 11) is 0. The van der Waals surface area contributed by atoms with E-state index in [9.17, 15) is 9.65 Å². The maximum atomic E-state index is 16.1. The molecule has 0 spiro atoms. The summed E-state index contributed by atoms with van der Waals surface area (Å²) in [5.41, 5.74) is 1.76. The number of benzene rings is 3. The third kappa shape index (κ3) is 5.33. The Balaban J connectivity index is 1.56. The minimum absolute atomic E-state index is 0.115. The van der Waals surface area contributed by atoms with Crippen LogP contribution >= 0.6 is 56.8 Å². The van der Waals surface area contributed by atoms with Crippen LogP contribution in [0.4, 0.5) is 8.78 Å². The second-order valence-corrected chi connectivity index (χ2v) is 13.4. The summed E-state index contributed by atoms with van der Waals surface area (Å²) < 4.78 is 34.8. The van der Waals surface area contributed by atoms with E-state index in [1.54, 1.807) is 6.07 Å². The molecule has 0 amide bonds. The third-order valence-electron chi connectivity index (χ3n) is 7.21. The molecule has 2 heterocycles. The average Bonchev–Trinajstić information content (AvgIpc) is 3.45. The lowest BCUT2D eigenvalue weighted by Gasteiger charge is -2.57. The third-order valence-corrected chi connectivity index (χ3v) is 11.7. The summed E-state index contributed by atoms with van der Waals surface area (Å²) in [6.45, 7) is 3.58. The molecule has 0 N–H and O–H groups in total. The molecule has 200 valence electrons. The Morgan fingerprint density at radius 1 is 1.13 bits per heavy atom. The lowest BCUT2D eigenvalue weighted by molar-refractivity contribution is -0.00960. The van der Waals surface area contributed by atoms with Crippen molar-refractivity contribution in [3.05, 3.63) is 106 Å². The van der Waals surface area contributed by atoms with Crippen molar-refractivity contribution < 1.29 is 13.2 Å². The van der Waals surface area contributed by atoms with Crippen LogP contribution in [-0.2, 0) is 3.42 Å². The first-order valence-electron chi connectivity index (χ1n) is 12.1. The first kappa shape index (κ1) is 28.4. The van der Waals surface area contributed by atoms with E-state index in [0.29, 0.717) is 23.0 Å². The molecule has 1 aliphatic rings. The van der Waals surface area contributed by atoms with Crippen LogP contribution in [0.3, 0.4) is 0 Å². The number of nitriles is 1. The second kappa shape index (κ2) is 11.0. The minimum Gasteiger partial charge on any atom is -0.423 e. The first-order valence-corrected chi connectivity index (χ1v) is 14.8. The zero-order valence-electron chi connectivity index (χ0n) is 21.0. The zero-order valence-corrected chi connectivity index (χ0v) is 26.0. The number of aromatic nitrogens is 2.